The quantitative estimate of drug-likeness (QED) is 0.830. The van der Waals surface area contributed by atoms with Crippen molar-refractivity contribution in [2.24, 2.45) is 0 Å². The molecule has 0 fully saturated rings. The van der Waals surface area contributed by atoms with Crippen LogP contribution in [-0.4, -0.2) is 23.1 Å². The van der Waals surface area contributed by atoms with Crippen LogP contribution in [0.5, 0.6) is 23.0 Å². The highest BCUT2D eigenvalue weighted by Gasteiger charge is 2.27. The third-order valence-electron chi connectivity index (χ3n) is 3.22. The molecular weight excluding hydrogens is 308 g/mol. The van der Waals surface area contributed by atoms with E-state index in [2.05, 4.69) is 0 Å². The van der Waals surface area contributed by atoms with Gasteiger partial charge in [0.05, 0.1) is 17.7 Å². The number of carbonyl (C=O) groups is 1. The number of halogens is 1. The Balaban J connectivity index is 2.01. The van der Waals surface area contributed by atoms with Crippen molar-refractivity contribution in [2.45, 2.75) is 0 Å². The van der Waals surface area contributed by atoms with E-state index in [0.717, 1.165) is 0 Å². The average molecular weight is 319 g/mol. The van der Waals surface area contributed by atoms with Gasteiger partial charge in [-0.3, -0.25) is 4.79 Å². The minimum absolute atomic E-state index is 0.0159. The van der Waals surface area contributed by atoms with Gasteiger partial charge in [0.15, 0.2) is 17.3 Å². The summed E-state index contributed by atoms with van der Waals surface area (Å²) >= 11 is 5.91. The van der Waals surface area contributed by atoms with Crippen LogP contribution in [0.1, 0.15) is 15.9 Å². The van der Waals surface area contributed by atoms with E-state index in [-0.39, 0.29) is 33.8 Å². The molecule has 0 aromatic heterocycles. The summed E-state index contributed by atoms with van der Waals surface area (Å²) in [4.78, 5) is 12.2. The zero-order valence-corrected chi connectivity index (χ0v) is 12.2. The van der Waals surface area contributed by atoms with Crippen molar-refractivity contribution in [3.63, 3.8) is 0 Å². The van der Waals surface area contributed by atoms with Crippen molar-refractivity contribution in [1.82, 2.24) is 0 Å². The molecule has 1 aliphatic heterocycles. The largest absolute Gasteiger partial charge is 0.508 e. The lowest BCUT2D eigenvalue weighted by atomic mass is 10.1. The third kappa shape index (κ3) is 2.35. The first-order valence-electron chi connectivity index (χ1n) is 6.33. The van der Waals surface area contributed by atoms with Crippen LogP contribution in [0.25, 0.3) is 6.08 Å². The molecule has 22 heavy (non-hydrogen) atoms. The first-order chi connectivity index (χ1) is 10.5. The van der Waals surface area contributed by atoms with Crippen LogP contribution in [0.15, 0.2) is 36.1 Å². The minimum Gasteiger partial charge on any atom is -0.508 e. The van der Waals surface area contributed by atoms with Crippen molar-refractivity contribution >= 4 is 23.5 Å². The molecule has 2 aromatic carbocycles. The fourth-order valence-electron chi connectivity index (χ4n) is 2.16. The summed E-state index contributed by atoms with van der Waals surface area (Å²) in [6.45, 7) is 0. The SMILES string of the molecule is COc1cc(/C=C2/Oc3cc(O)ccc3C2=O)cc(Cl)c1O. The number of phenolic OH excluding ortho intramolecular Hbond substituents is 2. The number of fused-ring (bicyclic) bond motifs is 1. The molecule has 112 valence electrons. The van der Waals surface area contributed by atoms with Crippen molar-refractivity contribution in [2.75, 3.05) is 7.11 Å². The number of methoxy groups -OCH3 is 1. The van der Waals surface area contributed by atoms with Gasteiger partial charge in [-0.25, -0.2) is 0 Å². The molecular formula is C16H11ClO5. The Hall–Kier alpha value is -2.66. The molecule has 2 N–H and O–H groups in total. The second-order valence-corrected chi connectivity index (χ2v) is 5.08. The smallest absolute Gasteiger partial charge is 0.231 e. The number of rotatable bonds is 2. The van der Waals surface area contributed by atoms with Gasteiger partial charge in [-0.2, -0.15) is 0 Å². The van der Waals surface area contributed by atoms with E-state index in [1.54, 1.807) is 0 Å². The van der Waals surface area contributed by atoms with Crippen molar-refractivity contribution in [3.05, 3.63) is 52.2 Å². The van der Waals surface area contributed by atoms with Crippen LogP contribution >= 0.6 is 11.6 Å². The molecule has 0 bridgehead atoms. The predicted molar refractivity (Wildman–Crippen MR) is 80.7 cm³/mol. The van der Waals surface area contributed by atoms with Gasteiger partial charge in [-0.15, -0.1) is 0 Å². The molecule has 0 unspecified atom stereocenters. The highest BCUT2D eigenvalue weighted by molar-refractivity contribution is 6.32. The van der Waals surface area contributed by atoms with E-state index in [4.69, 9.17) is 21.1 Å². The maximum Gasteiger partial charge on any atom is 0.231 e. The van der Waals surface area contributed by atoms with Gasteiger partial charge in [0.1, 0.15) is 11.5 Å². The average Bonchev–Trinajstić information content (AvgIpc) is 2.78. The summed E-state index contributed by atoms with van der Waals surface area (Å²) in [6, 6.07) is 7.31. The molecule has 2 aromatic rings. The highest BCUT2D eigenvalue weighted by Crippen LogP contribution is 2.38. The number of hydrogen-bond acceptors (Lipinski definition) is 5. The molecule has 0 saturated heterocycles. The van der Waals surface area contributed by atoms with E-state index < -0.39 is 0 Å². The number of phenols is 2. The van der Waals surface area contributed by atoms with Crippen LogP contribution in [-0.2, 0) is 0 Å². The van der Waals surface area contributed by atoms with Gasteiger partial charge in [0, 0.05) is 6.07 Å². The topological polar surface area (TPSA) is 76.0 Å². The maximum atomic E-state index is 12.2. The first kappa shape index (κ1) is 14.3. The summed E-state index contributed by atoms with van der Waals surface area (Å²) in [5.74, 6) is 0.149. The number of Topliss-reactive ketones (excluding diaryl/α,β-unsaturated/α-hetero) is 1. The molecule has 1 aliphatic rings. The van der Waals surface area contributed by atoms with E-state index >= 15 is 0 Å². The summed E-state index contributed by atoms with van der Waals surface area (Å²) < 4.78 is 10.5. The number of hydrogen-bond donors (Lipinski definition) is 2. The van der Waals surface area contributed by atoms with Crippen LogP contribution < -0.4 is 9.47 Å². The van der Waals surface area contributed by atoms with Crippen LogP contribution in [0.3, 0.4) is 0 Å². The minimum atomic E-state index is -0.293. The zero-order chi connectivity index (χ0) is 15.9. The zero-order valence-electron chi connectivity index (χ0n) is 11.5. The molecule has 3 rings (SSSR count). The number of benzene rings is 2. The Morgan fingerprint density at radius 3 is 2.73 bits per heavy atom. The van der Waals surface area contributed by atoms with Crippen LogP contribution in [0, 0.1) is 0 Å². The van der Waals surface area contributed by atoms with E-state index in [9.17, 15) is 15.0 Å². The molecule has 5 nitrogen and oxygen atoms in total. The van der Waals surface area contributed by atoms with Gasteiger partial charge in [0.2, 0.25) is 5.78 Å². The van der Waals surface area contributed by atoms with E-state index in [1.165, 1.54) is 43.5 Å². The predicted octanol–water partition coefficient (Wildman–Crippen LogP) is 3.38. The van der Waals surface area contributed by atoms with E-state index in [0.29, 0.717) is 16.9 Å². The van der Waals surface area contributed by atoms with Gasteiger partial charge in [-0.05, 0) is 35.9 Å². The summed E-state index contributed by atoms with van der Waals surface area (Å²) in [5, 5.41) is 19.2. The highest BCUT2D eigenvalue weighted by atomic mass is 35.5. The molecule has 6 heteroatoms. The van der Waals surface area contributed by atoms with Gasteiger partial charge < -0.3 is 19.7 Å². The second-order valence-electron chi connectivity index (χ2n) is 4.67. The molecule has 0 atom stereocenters. The molecule has 0 amide bonds. The molecule has 0 spiro atoms. The molecule has 0 radical (unpaired) electrons. The summed E-state index contributed by atoms with van der Waals surface area (Å²) in [5.41, 5.74) is 0.918. The van der Waals surface area contributed by atoms with Crippen LogP contribution in [0.4, 0.5) is 0 Å². The lowest BCUT2D eigenvalue weighted by molar-refractivity contribution is 0.101. The number of ether oxygens (including phenoxy) is 2. The number of allylic oxidation sites excluding steroid dienone is 1. The monoisotopic (exact) mass is 318 g/mol. The molecule has 0 saturated carbocycles. The molecule has 1 heterocycles. The van der Waals surface area contributed by atoms with Crippen molar-refractivity contribution in [3.8, 4) is 23.0 Å². The van der Waals surface area contributed by atoms with Gasteiger partial charge in [-0.1, -0.05) is 11.6 Å². The molecule has 0 aliphatic carbocycles. The Morgan fingerprint density at radius 2 is 2.00 bits per heavy atom. The number of ketones is 1. The second kappa shape index (κ2) is 5.27. The fraction of sp³-hybridized carbons (Fsp3) is 0.0625. The summed E-state index contributed by atoms with van der Waals surface area (Å²) in [6.07, 6.45) is 1.49. The standard InChI is InChI=1S/C16H11ClO5/c1-21-13-5-8(4-11(17)16(13)20)6-14-15(19)10-3-2-9(18)7-12(10)22-14/h2-7,18,20H,1H3/b14-6+. The Morgan fingerprint density at radius 1 is 1.23 bits per heavy atom. The van der Waals surface area contributed by atoms with Crippen molar-refractivity contribution < 1.29 is 24.5 Å². The lowest BCUT2D eigenvalue weighted by Crippen LogP contribution is -1.98. The van der Waals surface area contributed by atoms with Crippen molar-refractivity contribution in [1.29, 1.82) is 0 Å². The third-order valence-corrected chi connectivity index (χ3v) is 3.51. The van der Waals surface area contributed by atoms with Gasteiger partial charge >= 0.3 is 0 Å². The lowest BCUT2D eigenvalue weighted by Gasteiger charge is -2.06. The maximum absolute atomic E-state index is 12.2. The van der Waals surface area contributed by atoms with Gasteiger partial charge in [0.25, 0.3) is 0 Å². The Bertz CT molecular complexity index is 810. The Labute approximate surface area is 131 Å². The fourth-order valence-corrected chi connectivity index (χ4v) is 2.38. The summed E-state index contributed by atoms with van der Waals surface area (Å²) in [7, 11) is 1.40. The number of aromatic hydroxyl groups is 2. The normalized spacial score (nSPS) is 14.8. The first-order valence-corrected chi connectivity index (χ1v) is 6.71. The van der Waals surface area contributed by atoms with E-state index in [1.807, 2.05) is 0 Å². The Kier molecular flexibility index (Phi) is 3.42. The van der Waals surface area contributed by atoms with Crippen LogP contribution in [0.2, 0.25) is 5.02 Å². The number of carbonyl (C=O) groups excluding carboxylic acids is 1.